The fraction of sp³-hybridized carbons (Fsp3) is 0.571. The largest absolute Gasteiger partial charge is 0.468 e. The molecule has 14 heavy (non-hydrogen) atoms. The lowest BCUT2D eigenvalue weighted by Gasteiger charge is -2.16. The Labute approximate surface area is 80.2 Å². The van der Waals surface area contributed by atoms with E-state index in [4.69, 9.17) is 5.73 Å². The van der Waals surface area contributed by atoms with E-state index in [0.717, 1.165) is 4.90 Å². The van der Waals surface area contributed by atoms with Crippen LogP contribution in [0.15, 0.2) is 0 Å². The van der Waals surface area contributed by atoms with Gasteiger partial charge in [-0.15, -0.1) is 0 Å². The van der Waals surface area contributed by atoms with E-state index in [1.807, 2.05) is 0 Å². The van der Waals surface area contributed by atoms with Crippen LogP contribution in [0, 0.1) is 0 Å². The molecule has 0 bridgehead atoms. The molecule has 0 saturated carbocycles. The maximum atomic E-state index is 11.0. The van der Waals surface area contributed by atoms with Gasteiger partial charge in [-0.25, -0.2) is 4.79 Å². The molecular weight excluding hydrogens is 190 g/mol. The number of methoxy groups -OCH3 is 1. The van der Waals surface area contributed by atoms with Gasteiger partial charge in [0.2, 0.25) is 5.91 Å². The molecule has 1 saturated heterocycles. The molecular formula is C7H11N3O4. The lowest BCUT2D eigenvalue weighted by molar-refractivity contribution is -0.142. The third-order valence-electron chi connectivity index (χ3n) is 1.79. The van der Waals surface area contributed by atoms with Gasteiger partial charge in [0.15, 0.2) is 0 Å². The van der Waals surface area contributed by atoms with E-state index in [-0.39, 0.29) is 13.1 Å². The van der Waals surface area contributed by atoms with Crippen molar-refractivity contribution in [2.75, 3.05) is 20.2 Å². The molecule has 0 aromatic rings. The minimum absolute atomic E-state index is 0.0236. The summed E-state index contributed by atoms with van der Waals surface area (Å²) < 4.78 is 4.38. The Morgan fingerprint density at radius 2 is 2.36 bits per heavy atom. The minimum atomic E-state index is -0.920. The Morgan fingerprint density at radius 1 is 1.71 bits per heavy atom. The highest BCUT2D eigenvalue weighted by Gasteiger charge is 2.29. The fourth-order valence-corrected chi connectivity index (χ4v) is 1.09. The van der Waals surface area contributed by atoms with Gasteiger partial charge in [-0.1, -0.05) is 0 Å². The number of imide groups is 1. The molecule has 1 aliphatic heterocycles. The monoisotopic (exact) mass is 201 g/mol. The predicted molar refractivity (Wildman–Crippen MR) is 45.1 cm³/mol. The fourth-order valence-electron chi connectivity index (χ4n) is 1.09. The molecule has 3 N–H and O–H groups in total. The van der Waals surface area contributed by atoms with Crippen LogP contribution in [-0.2, 0) is 14.3 Å². The van der Waals surface area contributed by atoms with Crippen molar-refractivity contribution in [3.8, 4) is 0 Å². The van der Waals surface area contributed by atoms with Gasteiger partial charge in [-0.3, -0.25) is 14.9 Å². The van der Waals surface area contributed by atoms with Crippen LogP contribution >= 0.6 is 0 Å². The van der Waals surface area contributed by atoms with Crippen molar-refractivity contribution in [2.45, 2.75) is 6.04 Å². The first-order valence-electron chi connectivity index (χ1n) is 3.96. The van der Waals surface area contributed by atoms with E-state index in [1.165, 1.54) is 7.11 Å². The summed E-state index contributed by atoms with van der Waals surface area (Å²) in [5.41, 5.74) is 5.41. The van der Waals surface area contributed by atoms with Crippen molar-refractivity contribution in [3.05, 3.63) is 0 Å². The zero-order chi connectivity index (χ0) is 10.7. The normalized spacial score (nSPS) is 18.0. The maximum Gasteiger partial charge on any atom is 0.324 e. The Morgan fingerprint density at radius 3 is 2.79 bits per heavy atom. The van der Waals surface area contributed by atoms with E-state index in [0.29, 0.717) is 0 Å². The second-order valence-corrected chi connectivity index (χ2v) is 2.86. The van der Waals surface area contributed by atoms with Gasteiger partial charge in [-0.2, -0.15) is 0 Å². The number of amides is 3. The second-order valence-electron chi connectivity index (χ2n) is 2.86. The van der Waals surface area contributed by atoms with Crippen molar-refractivity contribution < 1.29 is 19.1 Å². The third kappa shape index (κ3) is 2.19. The van der Waals surface area contributed by atoms with E-state index < -0.39 is 23.9 Å². The highest BCUT2D eigenvalue weighted by molar-refractivity contribution is 6.02. The van der Waals surface area contributed by atoms with Crippen molar-refractivity contribution in [1.29, 1.82) is 0 Å². The number of urea groups is 1. The lowest BCUT2D eigenvalue weighted by Crippen LogP contribution is -2.44. The number of hydrogen-bond acceptors (Lipinski definition) is 5. The Kier molecular flexibility index (Phi) is 3.03. The van der Waals surface area contributed by atoms with E-state index in [9.17, 15) is 14.4 Å². The summed E-state index contributed by atoms with van der Waals surface area (Å²) in [5, 5.41) is 2.07. The number of hydrogen-bond donors (Lipinski definition) is 2. The summed E-state index contributed by atoms with van der Waals surface area (Å²) in [7, 11) is 1.21. The molecule has 1 rings (SSSR count). The summed E-state index contributed by atoms with van der Waals surface area (Å²) in [6.45, 7) is -0.0895. The molecule has 0 aromatic carbocycles. The van der Waals surface area contributed by atoms with E-state index in [1.54, 1.807) is 0 Å². The highest BCUT2D eigenvalue weighted by atomic mass is 16.5. The number of esters is 1. The van der Waals surface area contributed by atoms with Gasteiger partial charge in [0.25, 0.3) is 0 Å². The quantitative estimate of drug-likeness (QED) is 0.407. The molecule has 1 unspecified atom stereocenters. The number of carbonyl (C=O) groups excluding carboxylic acids is 3. The first-order valence-corrected chi connectivity index (χ1v) is 3.96. The van der Waals surface area contributed by atoms with Crippen molar-refractivity contribution in [3.63, 3.8) is 0 Å². The summed E-state index contributed by atoms with van der Waals surface area (Å²) in [5.74, 6) is -1.01. The molecule has 0 radical (unpaired) electrons. The minimum Gasteiger partial charge on any atom is -0.468 e. The van der Waals surface area contributed by atoms with Crippen LogP contribution in [-0.4, -0.2) is 49.0 Å². The van der Waals surface area contributed by atoms with Crippen LogP contribution in [0.4, 0.5) is 4.79 Å². The molecule has 78 valence electrons. The van der Waals surface area contributed by atoms with Gasteiger partial charge in [0, 0.05) is 6.54 Å². The maximum absolute atomic E-state index is 11.0. The summed E-state index contributed by atoms with van der Waals surface area (Å²) in [6, 6.07) is -1.45. The van der Waals surface area contributed by atoms with Gasteiger partial charge in [0.1, 0.15) is 12.6 Å². The van der Waals surface area contributed by atoms with Crippen molar-refractivity contribution >= 4 is 17.9 Å². The molecule has 3 amide bonds. The standard InChI is InChI=1S/C7H11N3O4/c1-14-6(12)4(8)2-10-3-5(11)9-7(10)13/h4H,2-3,8H2,1H3,(H,9,11,13). The molecule has 7 heteroatoms. The molecule has 1 aliphatic rings. The number of nitrogens with two attached hydrogens (primary N) is 1. The summed E-state index contributed by atoms with van der Waals surface area (Å²) in [6.07, 6.45) is 0. The summed E-state index contributed by atoms with van der Waals surface area (Å²) >= 11 is 0. The number of nitrogens with zero attached hydrogens (tertiary/aromatic N) is 1. The van der Waals surface area contributed by atoms with E-state index in [2.05, 4.69) is 10.1 Å². The number of carbonyl (C=O) groups is 3. The van der Waals surface area contributed by atoms with Crippen LogP contribution in [0.1, 0.15) is 0 Å². The summed E-state index contributed by atoms with van der Waals surface area (Å²) in [4.78, 5) is 33.8. The van der Waals surface area contributed by atoms with Gasteiger partial charge in [0.05, 0.1) is 7.11 Å². The van der Waals surface area contributed by atoms with Crippen molar-refractivity contribution in [2.24, 2.45) is 5.73 Å². The topological polar surface area (TPSA) is 102 Å². The van der Waals surface area contributed by atoms with Crippen LogP contribution in [0.3, 0.4) is 0 Å². The highest BCUT2D eigenvalue weighted by Crippen LogP contribution is 1.99. The smallest absolute Gasteiger partial charge is 0.324 e. The zero-order valence-electron chi connectivity index (χ0n) is 7.65. The number of rotatable bonds is 3. The first kappa shape index (κ1) is 10.5. The molecule has 0 aliphatic carbocycles. The molecule has 1 fully saturated rings. The Bertz CT molecular complexity index is 278. The molecule has 0 spiro atoms. The SMILES string of the molecule is COC(=O)C(N)CN1CC(=O)NC1=O. The molecule has 7 nitrogen and oxygen atoms in total. The van der Waals surface area contributed by atoms with Crippen LogP contribution < -0.4 is 11.1 Å². The number of nitrogens with one attached hydrogen (secondary N) is 1. The molecule has 1 heterocycles. The first-order chi connectivity index (χ1) is 6.54. The van der Waals surface area contributed by atoms with Crippen LogP contribution in [0.5, 0.6) is 0 Å². The average Bonchev–Trinajstić information content (AvgIpc) is 2.44. The second kappa shape index (κ2) is 4.05. The van der Waals surface area contributed by atoms with Crippen LogP contribution in [0.25, 0.3) is 0 Å². The Balaban J connectivity index is 2.48. The van der Waals surface area contributed by atoms with Gasteiger partial charge in [-0.05, 0) is 0 Å². The molecule has 1 atom stereocenters. The van der Waals surface area contributed by atoms with Gasteiger partial charge < -0.3 is 15.4 Å². The number of ether oxygens (including phenoxy) is 1. The van der Waals surface area contributed by atoms with E-state index >= 15 is 0 Å². The molecule has 0 aromatic heterocycles. The van der Waals surface area contributed by atoms with Gasteiger partial charge >= 0.3 is 12.0 Å². The lowest BCUT2D eigenvalue weighted by atomic mass is 10.3. The van der Waals surface area contributed by atoms with Crippen molar-refractivity contribution in [1.82, 2.24) is 10.2 Å². The average molecular weight is 201 g/mol. The van der Waals surface area contributed by atoms with Crippen LogP contribution in [0.2, 0.25) is 0 Å². The third-order valence-corrected chi connectivity index (χ3v) is 1.79. The zero-order valence-corrected chi connectivity index (χ0v) is 7.65. The Hall–Kier alpha value is -1.63. The predicted octanol–water partition coefficient (Wildman–Crippen LogP) is -1.96.